The second kappa shape index (κ2) is 5.53. The molecule has 0 atom stereocenters. The quantitative estimate of drug-likeness (QED) is 0.775. The van der Waals surface area contributed by atoms with Gasteiger partial charge in [0.2, 0.25) is 0 Å². The second-order valence-corrected chi connectivity index (χ2v) is 3.34. The normalized spacial score (nSPS) is 9.93. The van der Waals surface area contributed by atoms with Gasteiger partial charge < -0.3 is 10.1 Å². The average molecular weight is 193 g/mol. The smallest absolute Gasteiger partial charge is 0.119 e. The molecule has 0 amide bonds. The van der Waals surface area contributed by atoms with Gasteiger partial charge >= 0.3 is 0 Å². The van der Waals surface area contributed by atoms with Gasteiger partial charge in [0.05, 0.1) is 6.61 Å². The zero-order valence-corrected chi connectivity index (χ0v) is 9.26. The predicted molar refractivity (Wildman–Crippen MR) is 61.1 cm³/mol. The molecule has 1 aromatic carbocycles. The molecule has 0 bridgehead atoms. The van der Waals surface area contributed by atoms with Crippen LogP contribution in [0, 0.1) is 6.92 Å². The van der Waals surface area contributed by atoms with E-state index in [2.05, 4.69) is 31.3 Å². The van der Waals surface area contributed by atoms with Gasteiger partial charge in [-0.3, -0.25) is 0 Å². The van der Waals surface area contributed by atoms with E-state index in [-0.39, 0.29) is 0 Å². The first-order chi connectivity index (χ1) is 6.77. The van der Waals surface area contributed by atoms with Crippen molar-refractivity contribution >= 4 is 5.69 Å². The molecule has 0 saturated carbocycles. The van der Waals surface area contributed by atoms with Crippen LogP contribution in [0.15, 0.2) is 18.2 Å². The predicted octanol–water partition coefficient (Wildman–Crippen LogP) is 3.22. The highest BCUT2D eigenvalue weighted by Gasteiger charge is 1.98. The first kappa shape index (κ1) is 10.9. The summed E-state index contributed by atoms with van der Waals surface area (Å²) in [7, 11) is 0. The van der Waals surface area contributed by atoms with Crippen molar-refractivity contribution in [3.63, 3.8) is 0 Å². The van der Waals surface area contributed by atoms with Crippen LogP contribution >= 0.6 is 0 Å². The largest absolute Gasteiger partial charge is 0.494 e. The third-order valence-corrected chi connectivity index (χ3v) is 2.07. The molecular weight excluding hydrogens is 174 g/mol. The SMILES string of the molecule is CCCNc1ccc(OCC)cc1C. The molecule has 0 aromatic heterocycles. The van der Waals surface area contributed by atoms with Gasteiger partial charge in [0, 0.05) is 12.2 Å². The maximum Gasteiger partial charge on any atom is 0.119 e. The van der Waals surface area contributed by atoms with E-state index in [0.717, 1.165) is 25.3 Å². The number of nitrogens with one attached hydrogen (secondary N) is 1. The molecule has 1 N–H and O–H groups in total. The van der Waals surface area contributed by atoms with E-state index in [4.69, 9.17) is 4.74 Å². The summed E-state index contributed by atoms with van der Waals surface area (Å²) in [5, 5.41) is 3.38. The van der Waals surface area contributed by atoms with Crippen molar-refractivity contribution in [2.45, 2.75) is 27.2 Å². The number of rotatable bonds is 5. The highest BCUT2D eigenvalue weighted by molar-refractivity contribution is 5.53. The van der Waals surface area contributed by atoms with Crippen molar-refractivity contribution in [1.82, 2.24) is 0 Å². The molecule has 0 radical (unpaired) electrons. The van der Waals surface area contributed by atoms with E-state index in [9.17, 15) is 0 Å². The van der Waals surface area contributed by atoms with Gasteiger partial charge in [-0.2, -0.15) is 0 Å². The minimum Gasteiger partial charge on any atom is -0.494 e. The van der Waals surface area contributed by atoms with E-state index in [0.29, 0.717) is 0 Å². The summed E-state index contributed by atoms with van der Waals surface area (Å²) >= 11 is 0. The molecule has 1 rings (SSSR count). The van der Waals surface area contributed by atoms with Gasteiger partial charge in [0.25, 0.3) is 0 Å². The molecule has 0 aliphatic rings. The first-order valence-corrected chi connectivity index (χ1v) is 5.25. The van der Waals surface area contributed by atoms with Crippen molar-refractivity contribution < 1.29 is 4.74 Å². The Kier molecular flexibility index (Phi) is 4.30. The van der Waals surface area contributed by atoms with E-state index in [1.165, 1.54) is 11.3 Å². The van der Waals surface area contributed by atoms with Crippen molar-refractivity contribution in [2.24, 2.45) is 0 Å². The monoisotopic (exact) mass is 193 g/mol. The lowest BCUT2D eigenvalue weighted by Crippen LogP contribution is -2.01. The van der Waals surface area contributed by atoms with Crippen LogP contribution in [0.1, 0.15) is 25.8 Å². The zero-order valence-electron chi connectivity index (χ0n) is 9.26. The Labute approximate surface area is 86.3 Å². The Bertz CT molecular complexity index is 284. The molecule has 2 heteroatoms. The van der Waals surface area contributed by atoms with Gasteiger partial charge in [-0.15, -0.1) is 0 Å². The minimum absolute atomic E-state index is 0.723. The summed E-state index contributed by atoms with van der Waals surface area (Å²) in [6.45, 7) is 8.01. The highest BCUT2D eigenvalue weighted by Crippen LogP contribution is 2.21. The second-order valence-electron chi connectivity index (χ2n) is 3.34. The molecule has 78 valence electrons. The van der Waals surface area contributed by atoms with E-state index in [1.807, 2.05) is 13.0 Å². The van der Waals surface area contributed by atoms with E-state index in [1.54, 1.807) is 0 Å². The fourth-order valence-corrected chi connectivity index (χ4v) is 1.35. The highest BCUT2D eigenvalue weighted by atomic mass is 16.5. The van der Waals surface area contributed by atoms with Crippen LogP contribution in [0.2, 0.25) is 0 Å². The minimum atomic E-state index is 0.723. The van der Waals surface area contributed by atoms with Gasteiger partial charge in [-0.1, -0.05) is 6.92 Å². The van der Waals surface area contributed by atoms with Crippen molar-refractivity contribution in [2.75, 3.05) is 18.5 Å². The van der Waals surface area contributed by atoms with Crippen molar-refractivity contribution in [3.05, 3.63) is 23.8 Å². The fraction of sp³-hybridized carbons (Fsp3) is 0.500. The molecule has 2 nitrogen and oxygen atoms in total. The van der Waals surface area contributed by atoms with Crippen LogP contribution in [-0.4, -0.2) is 13.2 Å². The van der Waals surface area contributed by atoms with Crippen LogP contribution in [-0.2, 0) is 0 Å². The van der Waals surface area contributed by atoms with E-state index < -0.39 is 0 Å². The Balaban J connectivity index is 2.68. The van der Waals surface area contributed by atoms with Gasteiger partial charge in [-0.25, -0.2) is 0 Å². The summed E-state index contributed by atoms with van der Waals surface area (Å²) in [5.74, 6) is 0.951. The maximum atomic E-state index is 5.42. The van der Waals surface area contributed by atoms with Crippen LogP contribution in [0.5, 0.6) is 5.75 Å². The molecule has 0 unspecified atom stereocenters. The van der Waals surface area contributed by atoms with Crippen LogP contribution in [0.25, 0.3) is 0 Å². The van der Waals surface area contributed by atoms with Crippen LogP contribution in [0.4, 0.5) is 5.69 Å². The number of anilines is 1. The topological polar surface area (TPSA) is 21.3 Å². The Morgan fingerprint density at radius 2 is 2.07 bits per heavy atom. The lowest BCUT2D eigenvalue weighted by Gasteiger charge is -2.10. The lowest BCUT2D eigenvalue weighted by molar-refractivity contribution is 0.340. The molecule has 0 aliphatic carbocycles. The Hall–Kier alpha value is -1.18. The summed E-state index contributed by atoms with van der Waals surface area (Å²) < 4.78 is 5.42. The van der Waals surface area contributed by atoms with E-state index >= 15 is 0 Å². The van der Waals surface area contributed by atoms with Crippen molar-refractivity contribution in [3.8, 4) is 5.75 Å². The number of benzene rings is 1. The Morgan fingerprint density at radius 3 is 2.64 bits per heavy atom. The maximum absolute atomic E-state index is 5.42. The molecule has 1 aromatic rings. The average Bonchev–Trinajstić information content (AvgIpc) is 2.17. The molecule has 0 saturated heterocycles. The number of hydrogen-bond donors (Lipinski definition) is 1. The first-order valence-electron chi connectivity index (χ1n) is 5.25. The third kappa shape index (κ3) is 2.95. The van der Waals surface area contributed by atoms with Gasteiger partial charge in [0.15, 0.2) is 0 Å². The summed E-state index contributed by atoms with van der Waals surface area (Å²) in [4.78, 5) is 0. The van der Waals surface area contributed by atoms with Crippen LogP contribution < -0.4 is 10.1 Å². The molecule has 0 aliphatic heterocycles. The zero-order chi connectivity index (χ0) is 10.4. The molecule has 0 fully saturated rings. The van der Waals surface area contributed by atoms with Gasteiger partial charge in [-0.05, 0) is 44.0 Å². The number of hydrogen-bond acceptors (Lipinski definition) is 2. The third-order valence-electron chi connectivity index (χ3n) is 2.07. The molecule has 14 heavy (non-hydrogen) atoms. The number of aryl methyl sites for hydroxylation is 1. The molecule has 0 spiro atoms. The molecule has 0 heterocycles. The Morgan fingerprint density at radius 1 is 1.29 bits per heavy atom. The standard InChI is InChI=1S/C12H19NO/c1-4-8-13-12-7-6-11(14-5-2)9-10(12)3/h6-7,9,13H,4-5,8H2,1-3H3. The van der Waals surface area contributed by atoms with Crippen LogP contribution in [0.3, 0.4) is 0 Å². The summed E-state index contributed by atoms with van der Waals surface area (Å²) in [6, 6.07) is 6.16. The fourth-order valence-electron chi connectivity index (χ4n) is 1.35. The number of ether oxygens (including phenoxy) is 1. The van der Waals surface area contributed by atoms with Gasteiger partial charge in [0.1, 0.15) is 5.75 Å². The van der Waals surface area contributed by atoms with Crippen molar-refractivity contribution in [1.29, 1.82) is 0 Å². The lowest BCUT2D eigenvalue weighted by atomic mass is 10.2. The summed E-state index contributed by atoms with van der Waals surface area (Å²) in [5.41, 5.74) is 2.44. The molecular formula is C12H19NO. The summed E-state index contributed by atoms with van der Waals surface area (Å²) in [6.07, 6.45) is 1.15.